The number of hydrogen-bond acceptors (Lipinski definition) is 5. The predicted molar refractivity (Wildman–Crippen MR) is 80.9 cm³/mol. The highest BCUT2D eigenvalue weighted by Gasteiger charge is 2.23. The Balaban J connectivity index is 1.65. The summed E-state index contributed by atoms with van der Waals surface area (Å²) in [5.41, 5.74) is 1.08. The van der Waals surface area contributed by atoms with Crippen LogP contribution < -0.4 is 5.32 Å². The van der Waals surface area contributed by atoms with Crippen molar-refractivity contribution in [3.05, 3.63) is 16.3 Å². The molecule has 0 bridgehead atoms. The molecule has 2 aromatic rings. The Hall–Kier alpha value is -1.34. The predicted octanol–water partition coefficient (Wildman–Crippen LogP) is 2.22. The van der Waals surface area contributed by atoms with Crippen molar-refractivity contribution in [2.45, 2.75) is 31.0 Å². The van der Waals surface area contributed by atoms with E-state index in [2.05, 4.69) is 33.9 Å². The van der Waals surface area contributed by atoms with Crippen LogP contribution in [-0.2, 0) is 11.8 Å². The summed E-state index contributed by atoms with van der Waals surface area (Å²) in [7, 11) is 1.93. The van der Waals surface area contributed by atoms with E-state index in [9.17, 15) is 4.79 Å². The van der Waals surface area contributed by atoms with Gasteiger partial charge in [-0.05, 0) is 25.8 Å². The average Bonchev–Trinajstić information content (AvgIpc) is 3.00. The zero-order valence-corrected chi connectivity index (χ0v) is 13.1. The number of thiophene rings is 1. The highest BCUT2D eigenvalue weighted by Crippen LogP contribution is 2.26. The fraction of sp³-hybridized carbons (Fsp3) is 0.462. The zero-order chi connectivity index (χ0) is 14.1. The first-order valence-electron chi connectivity index (χ1n) is 6.50. The van der Waals surface area contributed by atoms with Crippen LogP contribution >= 0.6 is 23.1 Å². The van der Waals surface area contributed by atoms with Crippen molar-refractivity contribution in [1.29, 1.82) is 0 Å². The second-order valence-electron chi connectivity index (χ2n) is 4.94. The molecular formula is C13H16N4OS2. The maximum absolute atomic E-state index is 11.7. The zero-order valence-electron chi connectivity index (χ0n) is 11.4. The monoisotopic (exact) mass is 308 g/mol. The van der Waals surface area contributed by atoms with Crippen molar-refractivity contribution in [1.82, 2.24) is 20.1 Å². The summed E-state index contributed by atoms with van der Waals surface area (Å²) in [6.45, 7) is 2.07. The molecule has 1 aliphatic rings. The molecule has 2 heterocycles. The third kappa shape index (κ3) is 3.04. The van der Waals surface area contributed by atoms with Crippen molar-refractivity contribution in [3.63, 3.8) is 0 Å². The highest BCUT2D eigenvalue weighted by atomic mass is 32.2. The van der Waals surface area contributed by atoms with E-state index in [-0.39, 0.29) is 5.91 Å². The van der Waals surface area contributed by atoms with Gasteiger partial charge in [-0.1, -0.05) is 11.8 Å². The lowest BCUT2D eigenvalue weighted by molar-refractivity contribution is -0.118. The molecule has 5 nitrogen and oxygen atoms in total. The molecule has 3 rings (SSSR count). The molecular weight excluding hydrogens is 292 g/mol. The molecule has 0 spiro atoms. The first-order chi connectivity index (χ1) is 9.63. The Morgan fingerprint density at radius 3 is 3.00 bits per heavy atom. The lowest BCUT2D eigenvalue weighted by atomic mass is 10.3. The smallest absolute Gasteiger partial charge is 0.230 e. The molecule has 106 valence electrons. The summed E-state index contributed by atoms with van der Waals surface area (Å²) in [6, 6.07) is 2.51. The van der Waals surface area contributed by atoms with E-state index < -0.39 is 0 Å². The first-order valence-corrected chi connectivity index (χ1v) is 8.37. The van der Waals surface area contributed by atoms with Crippen LogP contribution in [0.25, 0.3) is 11.4 Å². The van der Waals surface area contributed by atoms with Gasteiger partial charge >= 0.3 is 0 Å². The summed E-state index contributed by atoms with van der Waals surface area (Å²) in [5.74, 6) is 1.32. The Labute approximate surface area is 125 Å². The minimum absolute atomic E-state index is 0.0772. The van der Waals surface area contributed by atoms with Crippen molar-refractivity contribution in [2.75, 3.05) is 5.75 Å². The number of rotatable bonds is 5. The molecule has 0 saturated heterocycles. The molecule has 0 aliphatic heterocycles. The van der Waals surface area contributed by atoms with Gasteiger partial charge in [0.25, 0.3) is 0 Å². The summed E-state index contributed by atoms with van der Waals surface area (Å²) < 4.78 is 1.94. The summed E-state index contributed by atoms with van der Waals surface area (Å²) >= 11 is 3.13. The van der Waals surface area contributed by atoms with E-state index >= 15 is 0 Å². The van der Waals surface area contributed by atoms with E-state index in [1.54, 1.807) is 11.3 Å². The van der Waals surface area contributed by atoms with Gasteiger partial charge in [0.15, 0.2) is 11.0 Å². The van der Waals surface area contributed by atoms with Gasteiger partial charge in [-0.2, -0.15) is 0 Å². The minimum atomic E-state index is 0.0772. The molecule has 0 aromatic carbocycles. The van der Waals surface area contributed by atoms with Crippen LogP contribution in [0.3, 0.4) is 0 Å². The molecule has 1 N–H and O–H groups in total. The number of carbonyl (C=O) groups is 1. The van der Waals surface area contributed by atoms with Crippen molar-refractivity contribution >= 4 is 29.0 Å². The molecule has 1 aliphatic carbocycles. The van der Waals surface area contributed by atoms with E-state index in [4.69, 9.17) is 0 Å². The second kappa shape index (κ2) is 5.57. The van der Waals surface area contributed by atoms with Gasteiger partial charge in [-0.25, -0.2) is 0 Å². The fourth-order valence-corrected chi connectivity index (χ4v) is 3.28. The van der Waals surface area contributed by atoms with Gasteiger partial charge < -0.3 is 9.88 Å². The van der Waals surface area contributed by atoms with Crippen LogP contribution in [0, 0.1) is 6.92 Å². The normalized spacial score (nSPS) is 14.5. The van der Waals surface area contributed by atoms with Crippen LogP contribution in [0.1, 0.15) is 17.7 Å². The van der Waals surface area contributed by atoms with Gasteiger partial charge in [0, 0.05) is 28.9 Å². The number of aromatic nitrogens is 3. The van der Waals surface area contributed by atoms with Crippen LogP contribution in [-0.4, -0.2) is 32.5 Å². The van der Waals surface area contributed by atoms with E-state index in [1.165, 1.54) is 16.6 Å². The summed E-state index contributed by atoms with van der Waals surface area (Å²) in [4.78, 5) is 12.9. The molecule has 1 fully saturated rings. The number of hydrogen-bond donors (Lipinski definition) is 1. The van der Waals surface area contributed by atoms with E-state index in [1.807, 2.05) is 11.6 Å². The fourth-order valence-electron chi connectivity index (χ4n) is 1.88. The topological polar surface area (TPSA) is 59.8 Å². The molecule has 2 aromatic heterocycles. The number of carbonyl (C=O) groups excluding carboxylic acids is 1. The molecule has 0 unspecified atom stereocenters. The van der Waals surface area contributed by atoms with Gasteiger partial charge in [0.2, 0.25) is 5.91 Å². The maximum Gasteiger partial charge on any atom is 0.230 e. The molecule has 20 heavy (non-hydrogen) atoms. The lowest BCUT2D eigenvalue weighted by Crippen LogP contribution is -2.27. The molecule has 7 heteroatoms. The Bertz CT molecular complexity index is 630. The van der Waals surface area contributed by atoms with E-state index in [0.29, 0.717) is 11.8 Å². The molecule has 0 radical (unpaired) electrons. The number of amides is 1. The number of thioether (sulfide) groups is 1. The number of aryl methyl sites for hydroxylation is 1. The molecule has 0 atom stereocenters. The minimum Gasteiger partial charge on any atom is -0.353 e. The van der Waals surface area contributed by atoms with Gasteiger partial charge in [0.05, 0.1) is 5.75 Å². The first kappa shape index (κ1) is 13.6. The summed E-state index contributed by atoms with van der Waals surface area (Å²) in [5, 5.41) is 14.2. The highest BCUT2D eigenvalue weighted by molar-refractivity contribution is 7.99. The second-order valence-corrected chi connectivity index (χ2v) is 7.00. The third-order valence-electron chi connectivity index (χ3n) is 3.10. The Morgan fingerprint density at radius 2 is 2.35 bits per heavy atom. The van der Waals surface area contributed by atoms with Crippen molar-refractivity contribution in [2.24, 2.45) is 7.05 Å². The average molecular weight is 308 g/mol. The van der Waals surface area contributed by atoms with Crippen molar-refractivity contribution in [3.8, 4) is 11.4 Å². The van der Waals surface area contributed by atoms with Crippen molar-refractivity contribution < 1.29 is 4.79 Å². The van der Waals surface area contributed by atoms with Gasteiger partial charge in [-0.15, -0.1) is 21.5 Å². The standard InChI is InChI=1S/C13H16N4OS2/c1-8-5-9(6-19-8)12-15-16-13(17(12)2)20-7-11(18)14-10-3-4-10/h5-6,10H,3-4,7H2,1-2H3,(H,14,18). The Morgan fingerprint density at radius 1 is 1.55 bits per heavy atom. The maximum atomic E-state index is 11.7. The van der Waals surface area contributed by atoms with Gasteiger partial charge in [-0.3, -0.25) is 4.79 Å². The van der Waals surface area contributed by atoms with Crippen LogP contribution in [0.4, 0.5) is 0 Å². The molecule has 1 amide bonds. The van der Waals surface area contributed by atoms with E-state index in [0.717, 1.165) is 29.4 Å². The van der Waals surface area contributed by atoms with Crippen LogP contribution in [0.5, 0.6) is 0 Å². The lowest BCUT2D eigenvalue weighted by Gasteiger charge is -2.03. The summed E-state index contributed by atoms with van der Waals surface area (Å²) in [6.07, 6.45) is 2.23. The molecule has 1 saturated carbocycles. The number of nitrogens with zero attached hydrogens (tertiary/aromatic N) is 3. The number of nitrogens with one attached hydrogen (secondary N) is 1. The SMILES string of the molecule is Cc1cc(-c2nnc(SCC(=O)NC3CC3)n2C)cs1. The van der Waals surface area contributed by atoms with Gasteiger partial charge in [0.1, 0.15) is 0 Å². The quantitative estimate of drug-likeness (QED) is 0.861. The largest absolute Gasteiger partial charge is 0.353 e. The Kier molecular flexibility index (Phi) is 3.80. The third-order valence-corrected chi connectivity index (χ3v) is 4.98. The van der Waals surface area contributed by atoms with Crippen LogP contribution in [0.2, 0.25) is 0 Å². The van der Waals surface area contributed by atoms with Crippen LogP contribution in [0.15, 0.2) is 16.6 Å².